The van der Waals surface area contributed by atoms with Crippen LogP contribution in [-0.2, 0) is 21.0 Å². The van der Waals surface area contributed by atoms with E-state index in [4.69, 9.17) is 20.2 Å². The topological polar surface area (TPSA) is 99.9 Å². The molecule has 0 aliphatic carbocycles. The molecule has 0 fully saturated rings. The molecule has 1 unspecified atom stereocenters. The summed E-state index contributed by atoms with van der Waals surface area (Å²) in [7, 11) is 1.29. The molecular formula is C21H26N2O5. The molecule has 0 aromatic heterocycles. The van der Waals surface area contributed by atoms with Gasteiger partial charge < -0.3 is 14.8 Å². The molecule has 28 heavy (non-hydrogen) atoms. The van der Waals surface area contributed by atoms with Crippen molar-refractivity contribution in [2.75, 3.05) is 12.4 Å². The summed E-state index contributed by atoms with van der Waals surface area (Å²) in [5.74, 6) is 4.99. The van der Waals surface area contributed by atoms with Gasteiger partial charge in [-0.1, -0.05) is 44.2 Å². The van der Waals surface area contributed by atoms with Crippen molar-refractivity contribution in [2.24, 2.45) is 11.8 Å². The molecule has 0 aliphatic heterocycles. The Bertz CT molecular complexity index is 793. The first-order valence-electron chi connectivity index (χ1n) is 9.00. The lowest BCUT2D eigenvalue weighted by molar-refractivity contribution is -0.128. The van der Waals surface area contributed by atoms with Crippen LogP contribution in [0.4, 0.5) is 5.69 Å². The third-order valence-corrected chi connectivity index (χ3v) is 4.04. The second-order valence-electron chi connectivity index (χ2n) is 6.72. The molecule has 150 valence electrons. The Labute approximate surface area is 164 Å². The average molecular weight is 386 g/mol. The molecule has 0 saturated carbocycles. The van der Waals surface area contributed by atoms with E-state index in [0.717, 1.165) is 5.56 Å². The van der Waals surface area contributed by atoms with Gasteiger partial charge in [0.1, 0.15) is 12.4 Å². The summed E-state index contributed by atoms with van der Waals surface area (Å²) in [6.45, 7) is 4.24. The molecule has 2 rings (SSSR count). The van der Waals surface area contributed by atoms with E-state index >= 15 is 0 Å². The standard InChI is InChI=1S/C21H26N2O5/c1-14(2)11-19(28-22)20(24)23-17-12-16(21(25)26-3)9-10-18(17)27-13-15-7-5-4-6-8-15/h4-10,12,14,19H,11,13,22H2,1-3H3,(H,23,24). The van der Waals surface area contributed by atoms with E-state index in [0.29, 0.717) is 30.0 Å². The highest BCUT2D eigenvalue weighted by Gasteiger charge is 2.22. The van der Waals surface area contributed by atoms with E-state index in [1.807, 2.05) is 44.2 Å². The van der Waals surface area contributed by atoms with E-state index in [1.165, 1.54) is 13.2 Å². The Balaban J connectivity index is 2.24. The van der Waals surface area contributed by atoms with Crippen LogP contribution < -0.4 is 16.0 Å². The Morgan fingerprint density at radius 2 is 1.82 bits per heavy atom. The van der Waals surface area contributed by atoms with E-state index < -0.39 is 18.0 Å². The number of amides is 1. The first-order chi connectivity index (χ1) is 13.4. The molecule has 1 amide bonds. The van der Waals surface area contributed by atoms with Crippen molar-refractivity contribution in [3.8, 4) is 5.75 Å². The number of carbonyl (C=O) groups excluding carboxylic acids is 2. The van der Waals surface area contributed by atoms with Crippen LogP contribution in [0, 0.1) is 5.92 Å². The van der Waals surface area contributed by atoms with Crippen LogP contribution in [0.15, 0.2) is 48.5 Å². The van der Waals surface area contributed by atoms with Crippen LogP contribution in [0.2, 0.25) is 0 Å². The Morgan fingerprint density at radius 3 is 2.43 bits per heavy atom. The van der Waals surface area contributed by atoms with Gasteiger partial charge in [-0.15, -0.1) is 0 Å². The molecule has 7 heteroatoms. The number of methoxy groups -OCH3 is 1. The highest BCUT2D eigenvalue weighted by atomic mass is 16.6. The van der Waals surface area contributed by atoms with Crippen molar-refractivity contribution in [1.82, 2.24) is 0 Å². The van der Waals surface area contributed by atoms with Gasteiger partial charge in [-0.3, -0.25) is 9.63 Å². The predicted octanol–water partition coefficient (Wildman–Crippen LogP) is 3.30. The van der Waals surface area contributed by atoms with Gasteiger partial charge in [0.2, 0.25) is 0 Å². The molecule has 0 bridgehead atoms. The van der Waals surface area contributed by atoms with Crippen LogP contribution in [0.3, 0.4) is 0 Å². The number of esters is 1. The lowest BCUT2D eigenvalue weighted by Crippen LogP contribution is -2.34. The van der Waals surface area contributed by atoms with E-state index in [-0.39, 0.29) is 5.92 Å². The van der Waals surface area contributed by atoms with Gasteiger partial charge in [0.05, 0.1) is 18.4 Å². The summed E-state index contributed by atoms with van der Waals surface area (Å²) in [5.41, 5.74) is 1.60. The maximum absolute atomic E-state index is 12.6. The molecule has 0 spiro atoms. The zero-order chi connectivity index (χ0) is 20.5. The SMILES string of the molecule is COC(=O)c1ccc(OCc2ccccc2)c(NC(=O)C(CC(C)C)ON)c1. The normalized spacial score (nSPS) is 11.8. The van der Waals surface area contributed by atoms with Gasteiger partial charge in [-0.25, -0.2) is 10.7 Å². The quantitative estimate of drug-likeness (QED) is 0.507. The summed E-state index contributed by atoms with van der Waals surface area (Å²) >= 11 is 0. The van der Waals surface area contributed by atoms with Gasteiger partial charge in [0, 0.05) is 0 Å². The van der Waals surface area contributed by atoms with Crippen molar-refractivity contribution in [2.45, 2.75) is 33.0 Å². The monoisotopic (exact) mass is 386 g/mol. The number of rotatable bonds is 9. The lowest BCUT2D eigenvalue weighted by atomic mass is 10.1. The third-order valence-electron chi connectivity index (χ3n) is 4.04. The number of hydrogen-bond donors (Lipinski definition) is 2. The maximum Gasteiger partial charge on any atom is 0.337 e. The van der Waals surface area contributed by atoms with Gasteiger partial charge >= 0.3 is 5.97 Å². The summed E-state index contributed by atoms with van der Waals surface area (Å²) in [4.78, 5) is 29.2. The van der Waals surface area contributed by atoms with Crippen LogP contribution >= 0.6 is 0 Å². The number of anilines is 1. The van der Waals surface area contributed by atoms with E-state index in [2.05, 4.69) is 5.32 Å². The van der Waals surface area contributed by atoms with Gasteiger partial charge in [-0.2, -0.15) is 0 Å². The molecule has 3 N–H and O–H groups in total. The van der Waals surface area contributed by atoms with Crippen molar-refractivity contribution in [3.05, 3.63) is 59.7 Å². The zero-order valence-corrected chi connectivity index (χ0v) is 16.3. The molecule has 0 radical (unpaired) electrons. The van der Waals surface area contributed by atoms with Crippen molar-refractivity contribution < 1.29 is 23.9 Å². The molecule has 7 nitrogen and oxygen atoms in total. The van der Waals surface area contributed by atoms with Crippen LogP contribution in [0.5, 0.6) is 5.75 Å². The van der Waals surface area contributed by atoms with Gasteiger partial charge in [0.25, 0.3) is 5.91 Å². The zero-order valence-electron chi connectivity index (χ0n) is 16.3. The lowest BCUT2D eigenvalue weighted by Gasteiger charge is -2.18. The fraction of sp³-hybridized carbons (Fsp3) is 0.333. The summed E-state index contributed by atoms with van der Waals surface area (Å²) < 4.78 is 10.6. The number of benzene rings is 2. The molecule has 2 aromatic carbocycles. The smallest absolute Gasteiger partial charge is 0.337 e. The van der Waals surface area contributed by atoms with Gasteiger partial charge in [-0.05, 0) is 36.1 Å². The van der Waals surface area contributed by atoms with Crippen LogP contribution in [0.1, 0.15) is 36.2 Å². The highest BCUT2D eigenvalue weighted by Crippen LogP contribution is 2.28. The first kappa shape index (κ1) is 21.4. The van der Waals surface area contributed by atoms with Crippen LogP contribution in [-0.4, -0.2) is 25.1 Å². The predicted molar refractivity (Wildman–Crippen MR) is 106 cm³/mol. The maximum atomic E-state index is 12.6. The average Bonchev–Trinajstić information content (AvgIpc) is 2.70. The van der Waals surface area contributed by atoms with Crippen molar-refractivity contribution in [1.29, 1.82) is 0 Å². The highest BCUT2D eigenvalue weighted by molar-refractivity contribution is 5.98. The van der Waals surface area contributed by atoms with Gasteiger partial charge in [0.15, 0.2) is 6.10 Å². The van der Waals surface area contributed by atoms with Crippen molar-refractivity contribution in [3.63, 3.8) is 0 Å². The summed E-state index contributed by atoms with van der Waals surface area (Å²) in [6.07, 6.45) is -0.358. The van der Waals surface area contributed by atoms with E-state index in [1.54, 1.807) is 12.1 Å². The van der Waals surface area contributed by atoms with Crippen molar-refractivity contribution >= 4 is 17.6 Å². The van der Waals surface area contributed by atoms with Crippen LogP contribution in [0.25, 0.3) is 0 Å². The molecule has 0 heterocycles. The molecule has 0 saturated heterocycles. The second kappa shape index (κ2) is 10.4. The Hall–Kier alpha value is -2.90. The fourth-order valence-corrected chi connectivity index (χ4v) is 2.60. The minimum absolute atomic E-state index is 0.217. The summed E-state index contributed by atoms with van der Waals surface area (Å²) in [5, 5.41) is 2.75. The number of carbonyl (C=O) groups is 2. The first-order valence-corrected chi connectivity index (χ1v) is 9.00. The summed E-state index contributed by atoms with van der Waals surface area (Å²) in [6, 6.07) is 14.3. The Kier molecular flexibility index (Phi) is 7.98. The minimum Gasteiger partial charge on any atom is -0.487 e. The third kappa shape index (κ3) is 6.07. The largest absolute Gasteiger partial charge is 0.487 e. The number of hydrogen-bond acceptors (Lipinski definition) is 6. The molecule has 1 atom stereocenters. The molecule has 2 aromatic rings. The second-order valence-corrected chi connectivity index (χ2v) is 6.72. The number of nitrogens with two attached hydrogens (primary N) is 1. The number of ether oxygens (including phenoxy) is 2. The Morgan fingerprint density at radius 1 is 1.11 bits per heavy atom. The molecular weight excluding hydrogens is 360 g/mol. The fourth-order valence-electron chi connectivity index (χ4n) is 2.60. The molecule has 0 aliphatic rings. The minimum atomic E-state index is -0.816. The number of nitrogens with one attached hydrogen (secondary N) is 1. The van der Waals surface area contributed by atoms with E-state index in [9.17, 15) is 9.59 Å².